The van der Waals surface area contributed by atoms with Gasteiger partial charge in [-0.3, -0.25) is 38.4 Å². The molecule has 1 aromatic carbocycles. The van der Waals surface area contributed by atoms with Crippen LogP contribution in [0.15, 0.2) is 30.3 Å². The number of carbonyl (C=O) groups excluding carboxylic acids is 7. The number of aliphatic carboxylic acids is 3. The first-order valence-electron chi connectivity index (χ1n) is 23.1. The van der Waals surface area contributed by atoms with Crippen LogP contribution in [0.4, 0.5) is 13.2 Å². The zero-order valence-electron chi connectivity index (χ0n) is 40.8. The summed E-state index contributed by atoms with van der Waals surface area (Å²) in [6.07, 6.45) is -4.29. The summed E-state index contributed by atoms with van der Waals surface area (Å²) in [6.45, 7) is 9.53. The van der Waals surface area contributed by atoms with Gasteiger partial charge < -0.3 is 69.1 Å². The van der Waals surface area contributed by atoms with E-state index in [1.54, 1.807) is 71.9 Å². The van der Waals surface area contributed by atoms with Crippen LogP contribution in [0.25, 0.3) is 0 Å². The van der Waals surface area contributed by atoms with Gasteiger partial charge in [-0.25, -0.2) is 9.59 Å². The van der Waals surface area contributed by atoms with Crippen molar-refractivity contribution in [2.75, 3.05) is 19.7 Å². The molecule has 0 radical (unpaired) electrons. The number of rotatable bonds is 31. The third-order valence-electron chi connectivity index (χ3n) is 10.9. The Kier molecular flexibility index (Phi) is 30.2. The fraction of sp³-hybridized carbons (Fsp3) is 0.644. The third kappa shape index (κ3) is 25.9. The molecule has 0 aliphatic heterocycles. The number of nitrogens with two attached hydrogens (primary N) is 2. The van der Waals surface area contributed by atoms with Crippen molar-refractivity contribution in [2.24, 2.45) is 29.2 Å². The lowest BCUT2D eigenvalue weighted by atomic mass is 9.94. The molecule has 1 rings (SSSR count). The quantitative estimate of drug-likeness (QED) is 0.0414. The molecular weight excluding hydrogens is 948 g/mol. The Morgan fingerprint density at radius 1 is 0.634 bits per heavy atom. The molecule has 15 N–H and O–H groups in total. The highest BCUT2D eigenvalue weighted by molar-refractivity contribution is 5.97. The van der Waals surface area contributed by atoms with Crippen LogP contribution >= 0.6 is 0 Å². The SMILES string of the molecule is CC[C@H](C)[C@H](NC(=O)[C@@H](NC(=O)[C@@H](N)CO)[C@@H](C)CC)C(=O)NCC(=O)N[C@@H](Cc1ccccc1)C(=O)N[C@@H](CCC(=O)O)C(=O)N[C@@H](CCCCN)C(=O)N[C@@H](CC(C)C)C(=O)O.O=C(O)C(F)(F)F. The lowest BCUT2D eigenvalue weighted by Gasteiger charge is -2.29. The third-order valence-corrected chi connectivity index (χ3v) is 10.9. The first kappa shape index (κ1) is 64.6. The van der Waals surface area contributed by atoms with E-state index in [1.165, 1.54) is 0 Å². The zero-order chi connectivity index (χ0) is 54.6. The maximum atomic E-state index is 14.0. The second kappa shape index (κ2) is 33.2. The first-order chi connectivity index (χ1) is 33.1. The van der Waals surface area contributed by atoms with E-state index in [4.69, 9.17) is 21.4 Å². The van der Waals surface area contributed by atoms with Gasteiger partial charge in [0.05, 0.1) is 13.2 Å². The molecule has 0 saturated heterocycles. The van der Waals surface area contributed by atoms with Gasteiger partial charge >= 0.3 is 24.1 Å². The second-order valence-corrected chi connectivity index (χ2v) is 17.2. The molecule has 0 heterocycles. The van der Waals surface area contributed by atoms with Crippen LogP contribution < -0.4 is 48.7 Å². The van der Waals surface area contributed by atoms with Crippen LogP contribution in [-0.2, 0) is 54.4 Å². The number of carboxylic acids is 3. The number of carboxylic acid groups (broad SMARTS) is 3. The molecule has 402 valence electrons. The molecule has 1 aromatic rings. The highest BCUT2D eigenvalue weighted by Gasteiger charge is 2.38. The minimum Gasteiger partial charge on any atom is -0.481 e. The highest BCUT2D eigenvalue weighted by atomic mass is 19.4. The Hall–Kier alpha value is -6.41. The fourth-order valence-corrected chi connectivity index (χ4v) is 6.38. The average molecular weight is 1020 g/mol. The van der Waals surface area contributed by atoms with Gasteiger partial charge in [0.15, 0.2) is 0 Å². The Morgan fingerprint density at radius 2 is 1.11 bits per heavy atom. The number of unbranched alkanes of at least 4 members (excludes halogenated alkanes) is 1. The van der Waals surface area contributed by atoms with Gasteiger partial charge in [-0.2, -0.15) is 13.2 Å². The van der Waals surface area contributed by atoms with Crippen LogP contribution in [-0.4, -0.2) is 148 Å². The topological polar surface area (TPSA) is 388 Å². The van der Waals surface area contributed by atoms with Crippen molar-refractivity contribution >= 4 is 59.3 Å². The summed E-state index contributed by atoms with van der Waals surface area (Å²) in [5, 5.41) is 53.4. The summed E-state index contributed by atoms with van der Waals surface area (Å²) in [5.41, 5.74) is 11.9. The Bertz CT molecular complexity index is 1910. The largest absolute Gasteiger partial charge is 0.490 e. The maximum Gasteiger partial charge on any atom is 0.490 e. The van der Waals surface area contributed by atoms with Crippen LogP contribution in [0.2, 0.25) is 0 Å². The number of hydrogen-bond donors (Lipinski definition) is 13. The summed E-state index contributed by atoms with van der Waals surface area (Å²) in [5.74, 6) is -11.9. The maximum absolute atomic E-state index is 14.0. The van der Waals surface area contributed by atoms with Gasteiger partial charge in [0.1, 0.15) is 42.3 Å². The number of benzene rings is 1. The lowest BCUT2D eigenvalue weighted by molar-refractivity contribution is -0.192. The average Bonchev–Trinajstić information content (AvgIpc) is 3.30. The molecule has 23 nitrogen and oxygen atoms in total. The molecule has 0 aromatic heterocycles. The monoisotopic (exact) mass is 1020 g/mol. The summed E-state index contributed by atoms with van der Waals surface area (Å²) < 4.78 is 31.7. The molecule has 0 aliphatic rings. The Balaban J connectivity index is 0.00000647. The van der Waals surface area contributed by atoms with E-state index in [1.807, 2.05) is 0 Å². The Morgan fingerprint density at radius 3 is 1.56 bits per heavy atom. The first-order valence-corrected chi connectivity index (χ1v) is 23.1. The van der Waals surface area contributed by atoms with Crippen molar-refractivity contribution in [3.8, 4) is 0 Å². The van der Waals surface area contributed by atoms with E-state index in [2.05, 4.69) is 37.2 Å². The minimum absolute atomic E-state index is 0.0523. The molecule has 71 heavy (non-hydrogen) atoms. The molecule has 0 saturated carbocycles. The van der Waals surface area contributed by atoms with Crippen molar-refractivity contribution in [3.05, 3.63) is 35.9 Å². The van der Waals surface area contributed by atoms with Gasteiger partial charge in [-0.15, -0.1) is 0 Å². The van der Waals surface area contributed by atoms with Gasteiger partial charge in [0, 0.05) is 12.8 Å². The van der Waals surface area contributed by atoms with E-state index in [-0.39, 0.29) is 31.7 Å². The molecule has 0 bridgehead atoms. The summed E-state index contributed by atoms with van der Waals surface area (Å²) in [4.78, 5) is 127. The second-order valence-electron chi connectivity index (χ2n) is 17.2. The molecule has 26 heteroatoms. The lowest BCUT2D eigenvalue weighted by Crippen LogP contribution is -2.60. The molecule has 0 aliphatic carbocycles. The van der Waals surface area contributed by atoms with E-state index < -0.39 is 146 Å². The van der Waals surface area contributed by atoms with Crippen molar-refractivity contribution < 1.29 is 81.5 Å². The minimum atomic E-state index is -5.08. The number of carbonyl (C=O) groups is 10. The van der Waals surface area contributed by atoms with Gasteiger partial charge in [0.25, 0.3) is 0 Å². The number of hydrogen-bond acceptors (Lipinski definition) is 13. The molecule has 9 atom stereocenters. The summed E-state index contributed by atoms with van der Waals surface area (Å²) in [7, 11) is 0. The smallest absolute Gasteiger partial charge is 0.481 e. The number of amides is 7. The van der Waals surface area contributed by atoms with Crippen LogP contribution in [0.3, 0.4) is 0 Å². The summed E-state index contributed by atoms with van der Waals surface area (Å²) >= 11 is 0. The van der Waals surface area contributed by atoms with Gasteiger partial charge in [0.2, 0.25) is 41.4 Å². The normalized spacial score (nSPS) is 14.9. The summed E-state index contributed by atoms with van der Waals surface area (Å²) in [6, 6.07) is -0.477. The predicted octanol–water partition coefficient (Wildman–Crippen LogP) is -0.576. The van der Waals surface area contributed by atoms with E-state index in [9.17, 15) is 71.6 Å². The van der Waals surface area contributed by atoms with Crippen LogP contribution in [0, 0.1) is 17.8 Å². The van der Waals surface area contributed by atoms with E-state index in [0.717, 1.165) is 0 Å². The molecule has 0 spiro atoms. The highest BCUT2D eigenvalue weighted by Crippen LogP contribution is 2.15. The van der Waals surface area contributed by atoms with Crippen molar-refractivity contribution in [2.45, 2.75) is 148 Å². The predicted molar refractivity (Wildman–Crippen MR) is 249 cm³/mol. The van der Waals surface area contributed by atoms with Gasteiger partial charge in [-0.1, -0.05) is 84.7 Å². The van der Waals surface area contributed by atoms with Crippen molar-refractivity contribution in [3.63, 3.8) is 0 Å². The molecule has 0 fully saturated rings. The molecule has 7 amide bonds. The number of nitrogens with one attached hydrogen (secondary N) is 7. The van der Waals surface area contributed by atoms with Gasteiger partial charge in [-0.05, 0) is 62.0 Å². The Labute approximate surface area is 409 Å². The van der Waals surface area contributed by atoms with Crippen molar-refractivity contribution in [1.82, 2.24) is 37.2 Å². The fourth-order valence-electron chi connectivity index (χ4n) is 6.38. The number of aliphatic hydroxyl groups excluding tert-OH is 1. The van der Waals surface area contributed by atoms with E-state index >= 15 is 0 Å². The number of aliphatic hydroxyl groups is 1. The van der Waals surface area contributed by atoms with E-state index in [0.29, 0.717) is 31.2 Å². The van der Waals surface area contributed by atoms with Crippen molar-refractivity contribution in [1.29, 1.82) is 0 Å². The number of halogens is 3. The molecule has 0 unspecified atom stereocenters. The standard InChI is InChI=1S/C43H71N9O12.C2HF3O2/c1-7-25(5)35(52-42(62)36(26(6)8-2)51-37(57)28(45)23-53)41(61)46-22-33(54)47-31(21-27-14-10-9-11-15-27)40(60)49-30(17-18-34(55)56)39(59)48-29(16-12-13-19-44)38(58)50-32(43(63)64)20-24(3)4;3-2(4,5)1(6)7/h9-11,14-15,24-26,28-32,35-36,53H,7-8,12-13,16-23,44-45H2,1-6H3,(H,46,61)(H,47,54)(H,48,59)(H,49,60)(H,50,58)(H,51,57)(H,52,62)(H,55,56)(H,63,64);(H,6,7)/t25-,26-,28-,29-,30-,31-,32-,35-,36-;/m0./s1. The van der Waals surface area contributed by atoms with Crippen LogP contribution in [0.5, 0.6) is 0 Å². The number of alkyl halides is 3. The molecular formula is C45H72F3N9O14. The van der Waals surface area contributed by atoms with Crippen LogP contribution in [0.1, 0.15) is 98.5 Å². The zero-order valence-corrected chi connectivity index (χ0v) is 40.8.